The van der Waals surface area contributed by atoms with Gasteiger partial charge in [-0.05, 0) is 24.3 Å². The largest absolute Gasteiger partial charge is 0.493 e. The highest BCUT2D eigenvalue weighted by Gasteiger charge is 2.07. The van der Waals surface area contributed by atoms with Gasteiger partial charge in [0.05, 0.1) is 17.2 Å². The number of para-hydroxylation sites is 2. The Morgan fingerprint density at radius 1 is 1.10 bits per heavy atom. The average Bonchev–Trinajstić information content (AvgIpc) is 2.49. The van der Waals surface area contributed by atoms with Crippen LogP contribution in [0.1, 0.15) is 0 Å². The van der Waals surface area contributed by atoms with Crippen molar-refractivity contribution in [2.45, 2.75) is 0 Å². The number of anilines is 1. The van der Waals surface area contributed by atoms with Crippen molar-refractivity contribution in [2.75, 3.05) is 25.6 Å². The lowest BCUT2D eigenvalue weighted by Crippen LogP contribution is -2.12. The Hall–Kier alpha value is -1.65. The Morgan fingerprint density at radius 3 is 2.33 bits per heavy atom. The molecule has 112 valence electrons. The standard InChI is InChI=1S/C15H14Cl2FNO2/c1-20-13-4-2-3-5-14(13)21-7-6-19-10-8-11(16)15(18)12(17)9-10/h2-5,8-9,19H,6-7H2,1H3. The molecule has 3 nitrogen and oxygen atoms in total. The molecule has 0 radical (unpaired) electrons. The smallest absolute Gasteiger partial charge is 0.161 e. The zero-order valence-electron chi connectivity index (χ0n) is 11.3. The van der Waals surface area contributed by atoms with E-state index in [2.05, 4.69) is 5.32 Å². The molecule has 0 bridgehead atoms. The van der Waals surface area contributed by atoms with Crippen LogP contribution in [-0.2, 0) is 0 Å². The Kier molecular flexibility index (Phi) is 5.53. The summed E-state index contributed by atoms with van der Waals surface area (Å²) in [6.45, 7) is 0.920. The third kappa shape index (κ3) is 4.16. The fourth-order valence-electron chi connectivity index (χ4n) is 1.75. The van der Waals surface area contributed by atoms with Crippen LogP contribution in [-0.4, -0.2) is 20.3 Å². The van der Waals surface area contributed by atoms with Crippen molar-refractivity contribution in [3.63, 3.8) is 0 Å². The molecule has 0 heterocycles. The number of hydrogen-bond acceptors (Lipinski definition) is 3. The predicted molar refractivity (Wildman–Crippen MR) is 83.4 cm³/mol. The molecule has 21 heavy (non-hydrogen) atoms. The van der Waals surface area contributed by atoms with Crippen LogP contribution in [0.4, 0.5) is 10.1 Å². The highest BCUT2D eigenvalue weighted by atomic mass is 35.5. The van der Waals surface area contributed by atoms with Crippen molar-refractivity contribution in [1.29, 1.82) is 0 Å². The first-order valence-electron chi connectivity index (χ1n) is 6.26. The third-order valence-corrected chi connectivity index (χ3v) is 3.29. The first-order chi connectivity index (χ1) is 10.1. The first kappa shape index (κ1) is 15.7. The molecule has 0 aromatic heterocycles. The summed E-state index contributed by atoms with van der Waals surface area (Å²) in [5, 5.41) is 3.02. The highest BCUT2D eigenvalue weighted by Crippen LogP contribution is 2.27. The van der Waals surface area contributed by atoms with Crippen LogP contribution in [0, 0.1) is 5.82 Å². The molecule has 0 saturated heterocycles. The lowest BCUT2D eigenvalue weighted by Gasteiger charge is -2.12. The Bertz CT molecular complexity index is 599. The van der Waals surface area contributed by atoms with Gasteiger partial charge in [0.1, 0.15) is 6.61 Å². The molecule has 0 aliphatic rings. The van der Waals surface area contributed by atoms with Gasteiger partial charge in [-0.1, -0.05) is 35.3 Å². The molecular weight excluding hydrogens is 316 g/mol. The number of nitrogens with one attached hydrogen (secondary N) is 1. The van der Waals surface area contributed by atoms with E-state index in [0.717, 1.165) is 0 Å². The lowest BCUT2D eigenvalue weighted by atomic mass is 10.3. The van der Waals surface area contributed by atoms with Crippen LogP contribution in [0.25, 0.3) is 0 Å². The molecule has 0 atom stereocenters. The van der Waals surface area contributed by atoms with Gasteiger partial charge >= 0.3 is 0 Å². The van der Waals surface area contributed by atoms with Crippen LogP contribution < -0.4 is 14.8 Å². The van der Waals surface area contributed by atoms with Gasteiger partial charge in [0, 0.05) is 12.2 Å². The maximum absolute atomic E-state index is 13.3. The molecule has 2 aromatic carbocycles. The number of hydrogen-bond donors (Lipinski definition) is 1. The molecule has 0 amide bonds. The molecule has 0 aliphatic heterocycles. The van der Waals surface area contributed by atoms with Crippen molar-refractivity contribution in [3.05, 3.63) is 52.3 Å². The number of halogens is 3. The van der Waals surface area contributed by atoms with E-state index in [1.165, 1.54) is 12.1 Å². The summed E-state index contributed by atoms with van der Waals surface area (Å²) in [5.41, 5.74) is 0.634. The second-order valence-electron chi connectivity index (χ2n) is 4.18. The summed E-state index contributed by atoms with van der Waals surface area (Å²) < 4.78 is 24.1. The molecular formula is C15H14Cl2FNO2. The Balaban J connectivity index is 1.88. The Morgan fingerprint density at radius 2 is 1.71 bits per heavy atom. The molecule has 0 unspecified atom stereocenters. The van der Waals surface area contributed by atoms with Crippen molar-refractivity contribution in [1.82, 2.24) is 0 Å². The van der Waals surface area contributed by atoms with Crippen molar-refractivity contribution >= 4 is 28.9 Å². The first-order valence-corrected chi connectivity index (χ1v) is 7.01. The van der Waals surface area contributed by atoms with E-state index in [9.17, 15) is 4.39 Å². The second kappa shape index (κ2) is 7.38. The summed E-state index contributed by atoms with van der Waals surface area (Å²) in [7, 11) is 1.59. The highest BCUT2D eigenvalue weighted by molar-refractivity contribution is 6.35. The van der Waals surface area contributed by atoms with E-state index in [4.69, 9.17) is 32.7 Å². The molecule has 0 fully saturated rings. The van der Waals surface area contributed by atoms with Crippen LogP contribution in [0.2, 0.25) is 10.0 Å². The van der Waals surface area contributed by atoms with Gasteiger partial charge in [0.25, 0.3) is 0 Å². The van der Waals surface area contributed by atoms with E-state index in [1.807, 2.05) is 24.3 Å². The monoisotopic (exact) mass is 329 g/mol. The quantitative estimate of drug-likeness (QED) is 0.619. The van der Waals surface area contributed by atoms with Crippen molar-refractivity contribution in [2.24, 2.45) is 0 Å². The SMILES string of the molecule is COc1ccccc1OCCNc1cc(Cl)c(F)c(Cl)c1. The number of benzene rings is 2. The normalized spacial score (nSPS) is 10.3. The maximum Gasteiger partial charge on any atom is 0.161 e. The third-order valence-electron chi connectivity index (χ3n) is 2.74. The van der Waals surface area contributed by atoms with E-state index in [0.29, 0.717) is 30.3 Å². The number of methoxy groups -OCH3 is 1. The van der Waals surface area contributed by atoms with Crippen LogP contribution in [0.5, 0.6) is 11.5 Å². The zero-order chi connectivity index (χ0) is 15.2. The van der Waals surface area contributed by atoms with E-state index < -0.39 is 5.82 Å². The second-order valence-corrected chi connectivity index (χ2v) is 4.99. The summed E-state index contributed by atoms with van der Waals surface area (Å²) in [4.78, 5) is 0. The fraction of sp³-hybridized carbons (Fsp3) is 0.200. The summed E-state index contributed by atoms with van der Waals surface area (Å²) >= 11 is 11.4. The van der Waals surface area contributed by atoms with Crippen molar-refractivity contribution < 1.29 is 13.9 Å². The molecule has 2 rings (SSSR count). The van der Waals surface area contributed by atoms with E-state index in [-0.39, 0.29) is 10.0 Å². The van der Waals surface area contributed by atoms with Gasteiger partial charge in [-0.3, -0.25) is 0 Å². The molecule has 1 N–H and O–H groups in total. The zero-order valence-corrected chi connectivity index (χ0v) is 12.8. The van der Waals surface area contributed by atoms with Crippen molar-refractivity contribution in [3.8, 4) is 11.5 Å². The minimum Gasteiger partial charge on any atom is -0.493 e. The molecule has 2 aromatic rings. The lowest BCUT2D eigenvalue weighted by molar-refractivity contribution is 0.306. The van der Waals surface area contributed by atoms with Gasteiger partial charge in [0.15, 0.2) is 17.3 Å². The topological polar surface area (TPSA) is 30.5 Å². The van der Waals surface area contributed by atoms with Crippen LogP contribution in [0.15, 0.2) is 36.4 Å². The predicted octanol–water partition coefficient (Wildman–Crippen LogP) is 4.63. The molecule has 0 saturated carbocycles. The van der Waals surface area contributed by atoms with Gasteiger partial charge in [-0.25, -0.2) is 4.39 Å². The minimum atomic E-state index is -0.617. The Labute approximate surface area is 132 Å². The molecule has 0 aliphatic carbocycles. The van der Waals surface area contributed by atoms with Gasteiger partial charge < -0.3 is 14.8 Å². The van der Waals surface area contributed by atoms with Crippen LogP contribution >= 0.6 is 23.2 Å². The summed E-state index contributed by atoms with van der Waals surface area (Å²) in [6.07, 6.45) is 0. The van der Waals surface area contributed by atoms with E-state index >= 15 is 0 Å². The number of rotatable bonds is 6. The van der Waals surface area contributed by atoms with E-state index in [1.54, 1.807) is 7.11 Å². The molecule has 6 heteroatoms. The van der Waals surface area contributed by atoms with Crippen LogP contribution in [0.3, 0.4) is 0 Å². The van der Waals surface area contributed by atoms with Gasteiger partial charge in [-0.15, -0.1) is 0 Å². The summed E-state index contributed by atoms with van der Waals surface area (Å²) in [5.74, 6) is 0.719. The minimum absolute atomic E-state index is 0.0179. The van der Waals surface area contributed by atoms with Gasteiger partial charge in [0.2, 0.25) is 0 Å². The molecule has 0 spiro atoms. The summed E-state index contributed by atoms with van der Waals surface area (Å²) in [6, 6.07) is 10.3. The van der Waals surface area contributed by atoms with Gasteiger partial charge in [-0.2, -0.15) is 0 Å². The maximum atomic E-state index is 13.3. The number of ether oxygens (including phenoxy) is 2. The average molecular weight is 330 g/mol. The fourth-order valence-corrected chi connectivity index (χ4v) is 2.24.